The smallest absolute Gasteiger partial charge is 0.309 e. The van der Waals surface area contributed by atoms with E-state index in [2.05, 4.69) is 69.6 Å². The van der Waals surface area contributed by atoms with Crippen LogP contribution in [0.1, 0.15) is 139 Å². The maximum atomic E-state index is 14.3. The predicted octanol–water partition coefficient (Wildman–Crippen LogP) is 8.59. The molecule has 0 radical (unpaired) electrons. The number of ether oxygens (including phenoxy) is 2. The van der Waals surface area contributed by atoms with Gasteiger partial charge >= 0.3 is 11.9 Å². The SMILES string of the molecule is C=C/C(=N\C=C(/C)OC)n1c(=O)cc([C@@]23CC[C@]4(C)C(CC[C@@H]5[C@@]6(C)CC[C@H](OC(=O)CC(C)(C)C(=O)O)C(C)(C)[C@@H]6CC[C@]54C)C2=C(C(C)C)[C@@H](O)C3)n1CCN(C)C. The maximum absolute atomic E-state index is 14.3. The number of methoxy groups -OCH3 is 1. The van der Waals surface area contributed by atoms with E-state index in [9.17, 15) is 24.6 Å². The minimum absolute atomic E-state index is 0.0196. The van der Waals surface area contributed by atoms with Crippen molar-refractivity contribution in [1.29, 1.82) is 0 Å². The average molecular weight is 833 g/mol. The lowest BCUT2D eigenvalue weighted by Crippen LogP contribution is -2.66. The van der Waals surface area contributed by atoms with Gasteiger partial charge in [0.05, 0.1) is 43.5 Å². The van der Waals surface area contributed by atoms with Crippen LogP contribution < -0.4 is 5.56 Å². The number of nitrogens with zero attached hydrogens (tertiary/aromatic N) is 4. The molecule has 9 atom stereocenters. The van der Waals surface area contributed by atoms with Crippen LogP contribution in [0.4, 0.5) is 0 Å². The minimum Gasteiger partial charge on any atom is -0.500 e. The highest BCUT2D eigenvalue weighted by molar-refractivity contribution is 5.94. The van der Waals surface area contributed by atoms with Crippen LogP contribution in [-0.2, 0) is 31.0 Å². The third-order valence-electron chi connectivity index (χ3n) is 17.4. The number of carbonyl (C=O) groups excluding carboxylic acids is 1. The summed E-state index contributed by atoms with van der Waals surface area (Å²) in [5, 5.41) is 21.9. The summed E-state index contributed by atoms with van der Waals surface area (Å²) < 4.78 is 15.4. The molecule has 0 aromatic carbocycles. The van der Waals surface area contributed by atoms with Crippen molar-refractivity contribution < 1.29 is 29.3 Å². The van der Waals surface area contributed by atoms with Gasteiger partial charge < -0.3 is 24.6 Å². The number of carboxylic acid groups (broad SMARTS) is 1. The van der Waals surface area contributed by atoms with Gasteiger partial charge in [-0.15, -0.1) is 0 Å². The molecule has 5 aliphatic carbocycles. The van der Waals surface area contributed by atoms with Gasteiger partial charge in [0, 0.05) is 23.4 Å². The number of esters is 1. The molecule has 334 valence electrons. The quantitative estimate of drug-likeness (QED) is 0.0704. The number of aliphatic hydroxyl groups is 1. The van der Waals surface area contributed by atoms with Gasteiger partial charge in [0.1, 0.15) is 11.9 Å². The molecule has 6 rings (SSSR count). The molecule has 60 heavy (non-hydrogen) atoms. The third kappa shape index (κ3) is 7.19. The number of allylic oxidation sites excluding steroid dienone is 3. The number of hydrogen-bond donors (Lipinski definition) is 2. The van der Waals surface area contributed by atoms with Crippen LogP contribution >= 0.6 is 0 Å². The van der Waals surface area contributed by atoms with Gasteiger partial charge in [0.15, 0.2) is 5.84 Å². The number of likely N-dealkylation sites (N-methyl/N-ethyl adjacent to an activating group) is 1. The zero-order valence-electron chi connectivity index (χ0n) is 39.1. The van der Waals surface area contributed by atoms with E-state index in [4.69, 9.17) is 9.47 Å². The summed E-state index contributed by atoms with van der Waals surface area (Å²) in [6.45, 7) is 27.0. The molecular weight excluding hydrogens is 757 g/mol. The number of aliphatic imine (C=N–C) groups is 1. The van der Waals surface area contributed by atoms with E-state index in [-0.39, 0.29) is 51.6 Å². The molecule has 0 aliphatic heterocycles. The topological polar surface area (TPSA) is 136 Å². The number of aliphatic carboxylic acids is 1. The van der Waals surface area contributed by atoms with E-state index in [1.54, 1.807) is 37.9 Å². The summed E-state index contributed by atoms with van der Waals surface area (Å²) in [7, 11) is 5.69. The molecule has 4 fully saturated rings. The summed E-state index contributed by atoms with van der Waals surface area (Å²) in [6.07, 6.45) is 10.6. The first-order valence-corrected chi connectivity index (χ1v) is 22.6. The van der Waals surface area contributed by atoms with Gasteiger partial charge in [0.2, 0.25) is 0 Å². The Labute approximate surface area is 359 Å². The fourth-order valence-electron chi connectivity index (χ4n) is 14.0. The van der Waals surface area contributed by atoms with Gasteiger partial charge in [-0.1, -0.05) is 60.6 Å². The molecule has 1 heterocycles. The van der Waals surface area contributed by atoms with E-state index in [0.717, 1.165) is 62.6 Å². The molecule has 11 heteroatoms. The van der Waals surface area contributed by atoms with Crippen LogP contribution in [0.25, 0.3) is 0 Å². The van der Waals surface area contributed by atoms with E-state index in [1.807, 2.05) is 27.1 Å². The van der Waals surface area contributed by atoms with Crippen molar-refractivity contribution in [2.24, 2.45) is 55.7 Å². The third-order valence-corrected chi connectivity index (χ3v) is 17.4. The Morgan fingerprint density at radius 3 is 2.32 bits per heavy atom. The van der Waals surface area contributed by atoms with Gasteiger partial charge in [-0.25, -0.2) is 4.99 Å². The van der Waals surface area contributed by atoms with E-state index in [0.29, 0.717) is 42.9 Å². The lowest BCUT2D eigenvalue weighted by atomic mass is 9.33. The largest absolute Gasteiger partial charge is 0.500 e. The highest BCUT2D eigenvalue weighted by Crippen LogP contribution is 2.77. The summed E-state index contributed by atoms with van der Waals surface area (Å²) >= 11 is 0. The number of fused-ring (bicyclic) bond motifs is 7. The monoisotopic (exact) mass is 833 g/mol. The Morgan fingerprint density at radius 1 is 1.03 bits per heavy atom. The molecule has 4 saturated carbocycles. The summed E-state index contributed by atoms with van der Waals surface area (Å²) in [6, 6.07) is 1.83. The number of aliphatic hydroxyl groups excluding tert-OH is 1. The van der Waals surface area contributed by atoms with Gasteiger partial charge in [0.25, 0.3) is 5.56 Å². The van der Waals surface area contributed by atoms with Crippen molar-refractivity contribution in [3.8, 4) is 0 Å². The van der Waals surface area contributed by atoms with Crippen molar-refractivity contribution in [2.45, 2.75) is 158 Å². The molecule has 0 amide bonds. The van der Waals surface area contributed by atoms with Crippen molar-refractivity contribution in [3.63, 3.8) is 0 Å². The highest BCUT2D eigenvalue weighted by Gasteiger charge is 2.70. The second-order valence-corrected chi connectivity index (χ2v) is 21.9. The minimum atomic E-state index is -1.18. The molecular formula is C49H76N4O7. The number of rotatable bonds is 12. The maximum Gasteiger partial charge on any atom is 0.309 e. The Morgan fingerprint density at radius 2 is 1.72 bits per heavy atom. The Kier molecular flexibility index (Phi) is 12.3. The molecule has 0 spiro atoms. The average Bonchev–Trinajstić information content (AvgIpc) is 3.65. The fourth-order valence-corrected chi connectivity index (χ4v) is 14.0. The van der Waals surface area contributed by atoms with Crippen molar-refractivity contribution >= 4 is 17.8 Å². The number of aromatic nitrogens is 2. The lowest BCUT2D eigenvalue weighted by Gasteiger charge is -2.72. The fraction of sp³-hybridized carbons (Fsp3) is 0.755. The van der Waals surface area contributed by atoms with Crippen LogP contribution in [-0.4, -0.2) is 82.2 Å². The van der Waals surface area contributed by atoms with Crippen LogP contribution in [0, 0.1) is 50.7 Å². The van der Waals surface area contributed by atoms with Crippen LogP contribution in [0.3, 0.4) is 0 Å². The molecule has 11 nitrogen and oxygen atoms in total. The molecule has 1 unspecified atom stereocenters. The summed E-state index contributed by atoms with van der Waals surface area (Å²) in [4.78, 5) is 46.2. The first-order valence-electron chi connectivity index (χ1n) is 22.6. The van der Waals surface area contributed by atoms with E-state index < -0.39 is 28.9 Å². The second kappa shape index (κ2) is 16.0. The van der Waals surface area contributed by atoms with Gasteiger partial charge in [-0.05, 0) is 144 Å². The van der Waals surface area contributed by atoms with Crippen LogP contribution in [0.2, 0.25) is 0 Å². The van der Waals surface area contributed by atoms with Gasteiger partial charge in [-0.2, -0.15) is 4.68 Å². The molecule has 0 saturated heterocycles. The Bertz CT molecular complexity index is 2020. The lowest BCUT2D eigenvalue weighted by molar-refractivity contribution is -0.232. The standard InChI is InChI=1S/C49H76N4O7/c1-15-38(50-29-31(4)59-14)53-39(55)26-36(52(53)25-24-51(12)13)49-23-22-47(10)32(42(49)41(30(2)3)33(54)27-49)16-17-35-46(9)20-19-37(60-40(56)28-44(5,6)43(57)58)45(7,8)34(46)18-21-48(35,47)11/h15,26,29-30,32-35,37,54H,1,16-25,27-28H2,2-14H3,(H,57,58)/b31-29+,50-38+/t32?,33-,34-,35+,37-,46-,47+,48+,49-/m0/s1. The molecule has 0 bridgehead atoms. The Hall–Kier alpha value is -3.44. The zero-order valence-corrected chi connectivity index (χ0v) is 39.1. The molecule has 5 aliphatic rings. The highest BCUT2D eigenvalue weighted by atomic mass is 16.5. The van der Waals surface area contributed by atoms with Crippen LogP contribution in [0.5, 0.6) is 0 Å². The van der Waals surface area contributed by atoms with Gasteiger partial charge in [-0.3, -0.25) is 19.1 Å². The van der Waals surface area contributed by atoms with Crippen molar-refractivity contribution in [1.82, 2.24) is 14.3 Å². The summed E-state index contributed by atoms with van der Waals surface area (Å²) in [5.74, 6) is 0.824. The second-order valence-electron chi connectivity index (χ2n) is 21.9. The molecule has 2 N–H and O–H groups in total. The normalized spacial score (nSPS) is 35.4. The van der Waals surface area contributed by atoms with Crippen molar-refractivity contribution in [3.05, 3.63) is 57.9 Å². The van der Waals surface area contributed by atoms with E-state index in [1.165, 1.54) is 5.57 Å². The number of carboxylic acids is 1. The summed E-state index contributed by atoms with van der Waals surface area (Å²) in [5.41, 5.74) is 1.41. The Balaban J connectivity index is 1.41. The zero-order chi connectivity index (χ0) is 44.5. The predicted molar refractivity (Wildman–Crippen MR) is 237 cm³/mol. The van der Waals surface area contributed by atoms with Crippen LogP contribution in [0.15, 0.2) is 51.6 Å². The molecule has 1 aromatic heterocycles. The first-order chi connectivity index (χ1) is 27.9. The van der Waals surface area contributed by atoms with Crippen molar-refractivity contribution in [2.75, 3.05) is 27.7 Å². The molecule has 1 aromatic rings. The first kappa shape index (κ1) is 46.1. The number of hydrogen-bond acceptors (Lipinski definition) is 8. The van der Waals surface area contributed by atoms with E-state index >= 15 is 0 Å². The number of carbonyl (C=O) groups is 2.